The lowest BCUT2D eigenvalue weighted by Crippen LogP contribution is -2.43. The number of hydrogen-bond acceptors (Lipinski definition) is 4. The fourth-order valence-electron chi connectivity index (χ4n) is 2.73. The summed E-state index contributed by atoms with van der Waals surface area (Å²) in [6.07, 6.45) is 1.70. The van der Waals surface area contributed by atoms with Gasteiger partial charge < -0.3 is 19.9 Å². The minimum atomic E-state index is -0.201. The first-order chi connectivity index (χ1) is 11.2. The zero-order chi connectivity index (χ0) is 16.2. The number of carbonyl (C=O) groups excluding carboxylic acids is 1. The van der Waals surface area contributed by atoms with Crippen molar-refractivity contribution in [3.63, 3.8) is 0 Å². The van der Waals surface area contributed by atoms with Crippen molar-refractivity contribution in [1.82, 2.24) is 20.1 Å². The highest BCUT2D eigenvalue weighted by Gasteiger charge is 2.22. The maximum absolute atomic E-state index is 12.1. The van der Waals surface area contributed by atoms with Crippen molar-refractivity contribution in [3.8, 4) is 5.75 Å². The van der Waals surface area contributed by atoms with Crippen LogP contribution in [0.1, 0.15) is 25.0 Å². The van der Waals surface area contributed by atoms with Crippen LogP contribution in [-0.4, -0.2) is 33.4 Å². The second kappa shape index (κ2) is 6.68. The van der Waals surface area contributed by atoms with Gasteiger partial charge in [0, 0.05) is 24.7 Å². The van der Waals surface area contributed by atoms with E-state index in [9.17, 15) is 4.79 Å². The van der Waals surface area contributed by atoms with Crippen LogP contribution >= 0.6 is 0 Å². The third-order valence-electron chi connectivity index (χ3n) is 3.89. The Hall–Kier alpha value is -2.57. The molecule has 1 aromatic heterocycles. The number of benzene rings is 1. The van der Waals surface area contributed by atoms with Crippen LogP contribution in [0.2, 0.25) is 0 Å². The molecule has 0 unspecified atom stereocenters. The zero-order valence-corrected chi connectivity index (χ0v) is 13.4. The van der Waals surface area contributed by atoms with Gasteiger partial charge in [0.2, 0.25) is 0 Å². The standard InChI is InChI=1S/C16H21N5O2/c1-3-23-14-7-4-12(5-8-14)17-16(22)18-13-6-9-15-20-19-11(2)21(15)10-13/h4-5,7-8,13H,3,6,9-10H2,1-2H3,(H2,17,18,22)/t13-/m0/s1. The van der Waals surface area contributed by atoms with E-state index >= 15 is 0 Å². The molecule has 122 valence electrons. The van der Waals surface area contributed by atoms with Gasteiger partial charge in [-0.15, -0.1) is 10.2 Å². The van der Waals surface area contributed by atoms with E-state index in [1.807, 2.05) is 38.1 Å². The molecule has 0 saturated heterocycles. The molecule has 1 aromatic carbocycles. The fourth-order valence-corrected chi connectivity index (χ4v) is 2.73. The molecular formula is C16H21N5O2. The lowest BCUT2D eigenvalue weighted by Gasteiger charge is -2.25. The monoisotopic (exact) mass is 315 g/mol. The van der Waals surface area contributed by atoms with Crippen LogP contribution in [-0.2, 0) is 13.0 Å². The van der Waals surface area contributed by atoms with E-state index in [1.165, 1.54) is 0 Å². The van der Waals surface area contributed by atoms with Gasteiger partial charge in [0.15, 0.2) is 0 Å². The number of amides is 2. The number of rotatable bonds is 4. The zero-order valence-electron chi connectivity index (χ0n) is 13.4. The molecule has 0 fully saturated rings. The van der Waals surface area contributed by atoms with Crippen LogP contribution in [0.15, 0.2) is 24.3 Å². The first-order valence-electron chi connectivity index (χ1n) is 7.84. The van der Waals surface area contributed by atoms with E-state index < -0.39 is 0 Å². The summed E-state index contributed by atoms with van der Waals surface area (Å²) < 4.78 is 7.44. The molecule has 7 heteroatoms. The first-order valence-corrected chi connectivity index (χ1v) is 7.84. The van der Waals surface area contributed by atoms with Crippen LogP contribution in [0.4, 0.5) is 10.5 Å². The Morgan fingerprint density at radius 2 is 2.13 bits per heavy atom. The van der Waals surface area contributed by atoms with E-state index in [0.717, 1.165) is 35.9 Å². The number of fused-ring (bicyclic) bond motifs is 1. The summed E-state index contributed by atoms with van der Waals surface area (Å²) in [7, 11) is 0. The van der Waals surface area contributed by atoms with Crippen molar-refractivity contribution in [2.45, 2.75) is 39.3 Å². The average molecular weight is 315 g/mol. The van der Waals surface area contributed by atoms with Gasteiger partial charge in [-0.3, -0.25) is 0 Å². The van der Waals surface area contributed by atoms with Gasteiger partial charge in [-0.25, -0.2) is 4.79 Å². The maximum Gasteiger partial charge on any atom is 0.319 e. The summed E-state index contributed by atoms with van der Waals surface area (Å²) >= 11 is 0. The fraction of sp³-hybridized carbons (Fsp3) is 0.438. The van der Waals surface area contributed by atoms with Gasteiger partial charge in [0.25, 0.3) is 0 Å². The van der Waals surface area contributed by atoms with Crippen molar-refractivity contribution >= 4 is 11.7 Å². The Bertz CT molecular complexity index is 680. The number of anilines is 1. The minimum absolute atomic E-state index is 0.0832. The van der Waals surface area contributed by atoms with Gasteiger partial charge in [-0.1, -0.05) is 0 Å². The first kappa shape index (κ1) is 15.3. The van der Waals surface area contributed by atoms with Crippen LogP contribution in [0, 0.1) is 6.92 Å². The number of nitrogens with one attached hydrogen (secondary N) is 2. The van der Waals surface area contributed by atoms with Crippen LogP contribution in [0.3, 0.4) is 0 Å². The highest BCUT2D eigenvalue weighted by atomic mass is 16.5. The van der Waals surface area contributed by atoms with Gasteiger partial charge in [0.05, 0.1) is 6.61 Å². The van der Waals surface area contributed by atoms with Crippen molar-refractivity contribution in [2.24, 2.45) is 0 Å². The average Bonchev–Trinajstić information content (AvgIpc) is 2.90. The van der Waals surface area contributed by atoms with E-state index in [1.54, 1.807) is 0 Å². The van der Waals surface area contributed by atoms with Crippen LogP contribution < -0.4 is 15.4 Å². The third kappa shape index (κ3) is 3.61. The quantitative estimate of drug-likeness (QED) is 0.905. The van der Waals surface area contributed by atoms with Gasteiger partial charge in [-0.05, 0) is 44.5 Å². The Balaban J connectivity index is 1.54. The predicted octanol–water partition coefficient (Wildman–Crippen LogP) is 2.12. The molecule has 0 saturated carbocycles. The Morgan fingerprint density at radius 1 is 1.35 bits per heavy atom. The van der Waals surface area contributed by atoms with Crippen molar-refractivity contribution in [2.75, 3.05) is 11.9 Å². The molecule has 1 atom stereocenters. The number of aryl methyl sites for hydroxylation is 2. The normalized spacial score (nSPS) is 16.5. The topological polar surface area (TPSA) is 81.1 Å². The predicted molar refractivity (Wildman–Crippen MR) is 86.6 cm³/mol. The van der Waals surface area contributed by atoms with Gasteiger partial charge in [-0.2, -0.15) is 0 Å². The summed E-state index contributed by atoms with van der Waals surface area (Å²) in [6, 6.07) is 7.22. The highest BCUT2D eigenvalue weighted by Crippen LogP contribution is 2.17. The number of urea groups is 1. The third-order valence-corrected chi connectivity index (χ3v) is 3.89. The van der Waals surface area contributed by atoms with Crippen molar-refractivity contribution < 1.29 is 9.53 Å². The molecule has 2 heterocycles. The molecule has 1 aliphatic heterocycles. The largest absolute Gasteiger partial charge is 0.494 e. The summed E-state index contributed by atoms with van der Waals surface area (Å²) in [5, 5.41) is 14.1. The molecule has 0 radical (unpaired) electrons. The van der Waals surface area contributed by atoms with Crippen LogP contribution in [0.25, 0.3) is 0 Å². The molecule has 7 nitrogen and oxygen atoms in total. The lowest BCUT2D eigenvalue weighted by molar-refractivity contribution is 0.244. The van der Waals surface area contributed by atoms with E-state index in [4.69, 9.17) is 4.74 Å². The van der Waals surface area contributed by atoms with Crippen molar-refractivity contribution in [3.05, 3.63) is 35.9 Å². The molecule has 2 N–H and O–H groups in total. The summed E-state index contributed by atoms with van der Waals surface area (Å²) in [5.41, 5.74) is 0.739. The molecular weight excluding hydrogens is 294 g/mol. The summed E-state index contributed by atoms with van der Waals surface area (Å²) in [6.45, 7) is 5.20. The Kier molecular flexibility index (Phi) is 4.45. The number of ether oxygens (including phenoxy) is 1. The SMILES string of the molecule is CCOc1ccc(NC(=O)N[C@H]2CCc3nnc(C)n3C2)cc1. The Morgan fingerprint density at radius 3 is 2.87 bits per heavy atom. The molecule has 2 amide bonds. The second-order valence-corrected chi connectivity index (χ2v) is 5.57. The van der Waals surface area contributed by atoms with E-state index in [-0.39, 0.29) is 12.1 Å². The summed E-state index contributed by atoms with van der Waals surface area (Å²) in [4.78, 5) is 12.1. The van der Waals surface area contributed by atoms with E-state index in [0.29, 0.717) is 13.2 Å². The molecule has 0 spiro atoms. The van der Waals surface area contributed by atoms with Gasteiger partial charge in [0.1, 0.15) is 17.4 Å². The van der Waals surface area contributed by atoms with Gasteiger partial charge >= 0.3 is 6.03 Å². The molecule has 2 aromatic rings. The second-order valence-electron chi connectivity index (χ2n) is 5.57. The number of aromatic nitrogens is 3. The smallest absolute Gasteiger partial charge is 0.319 e. The molecule has 3 rings (SSSR count). The maximum atomic E-state index is 12.1. The highest BCUT2D eigenvalue weighted by molar-refractivity contribution is 5.89. The van der Waals surface area contributed by atoms with Crippen LogP contribution in [0.5, 0.6) is 5.75 Å². The molecule has 0 aliphatic carbocycles. The summed E-state index contributed by atoms with van der Waals surface area (Å²) in [5.74, 6) is 2.67. The lowest BCUT2D eigenvalue weighted by atomic mass is 10.1. The Labute approximate surface area is 135 Å². The minimum Gasteiger partial charge on any atom is -0.494 e. The molecule has 1 aliphatic rings. The van der Waals surface area contributed by atoms with Crippen molar-refractivity contribution in [1.29, 1.82) is 0 Å². The van der Waals surface area contributed by atoms with E-state index in [2.05, 4.69) is 25.4 Å². The number of carbonyl (C=O) groups is 1. The number of hydrogen-bond donors (Lipinski definition) is 2. The number of nitrogens with zero attached hydrogens (tertiary/aromatic N) is 3. The molecule has 0 bridgehead atoms. The molecule has 23 heavy (non-hydrogen) atoms.